The van der Waals surface area contributed by atoms with E-state index in [9.17, 15) is 9.59 Å². The number of urea groups is 1. The van der Waals surface area contributed by atoms with Crippen molar-refractivity contribution in [2.45, 2.75) is 45.3 Å². The predicted molar refractivity (Wildman–Crippen MR) is 102 cm³/mol. The summed E-state index contributed by atoms with van der Waals surface area (Å²) in [5.41, 5.74) is 0.621. The van der Waals surface area contributed by atoms with Crippen LogP contribution in [-0.2, 0) is 0 Å². The number of carbonyl (C=O) groups is 2. The lowest BCUT2D eigenvalue weighted by Crippen LogP contribution is -2.71. The highest BCUT2D eigenvalue weighted by molar-refractivity contribution is 5.94. The Hall–Kier alpha value is -2.08. The molecule has 3 amide bonds. The quantitative estimate of drug-likeness (QED) is 0.880. The van der Waals surface area contributed by atoms with Crippen molar-refractivity contribution < 1.29 is 9.59 Å². The SMILES string of the molecule is CC(C)NC(=O)N1CCN2[C@@H](C1)CN(C(=O)c1ccccc1)CC2(C)C. The van der Waals surface area contributed by atoms with E-state index in [1.165, 1.54) is 0 Å². The first-order valence-electron chi connectivity index (χ1n) is 9.44. The van der Waals surface area contributed by atoms with Gasteiger partial charge in [0.15, 0.2) is 0 Å². The number of nitrogens with one attached hydrogen (secondary N) is 1. The van der Waals surface area contributed by atoms with Gasteiger partial charge >= 0.3 is 6.03 Å². The number of amides is 3. The molecule has 2 aliphatic heterocycles. The molecule has 1 N–H and O–H groups in total. The van der Waals surface area contributed by atoms with Gasteiger partial charge in [0, 0.05) is 55.9 Å². The summed E-state index contributed by atoms with van der Waals surface area (Å²) < 4.78 is 0. The molecule has 2 saturated heterocycles. The topological polar surface area (TPSA) is 55.9 Å². The first-order chi connectivity index (χ1) is 12.3. The number of nitrogens with zero attached hydrogens (tertiary/aromatic N) is 3. The standard InChI is InChI=1S/C20H30N4O2/c1-15(2)21-19(26)22-10-11-24-17(12-22)13-23(14-20(24,3)4)18(25)16-8-6-5-7-9-16/h5-9,15,17H,10-14H2,1-4H3,(H,21,26)/t17-/m0/s1. The Bertz CT molecular complexity index is 659. The van der Waals surface area contributed by atoms with Gasteiger partial charge in [0.1, 0.15) is 0 Å². The molecular formula is C20H30N4O2. The minimum Gasteiger partial charge on any atom is -0.336 e. The normalized spacial score (nSPS) is 22.9. The van der Waals surface area contributed by atoms with Crippen molar-refractivity contribution in [1.82, 2.24) is 20.0 Å². The van der Waals surface area contributed by atoms with E-state index in [1.54, 1.807) is 0 Å². The van der Waals surface area contributed by atoms with E-state index in [1.807, 2.05) is 54.0 Å². The molecule has 0 aliphatic carbocycles. The fourth-order valence-corrected chi connectivity index (χ4v) is 4.13. The van der Waals surface area contributed by atoms with Crippen LogP contribution in [0.25, 0.3) is 0 Å². The number of rotatable bonds is 2. The number of piperazine rings is 2. The van der Waals surface area contributed by atoms with Crippen molar-refractivity contribution in [2.75, 3.05) is 32.7 Å². The lowest BCUT2D eigenvalue weighted by atomic mass is 9.92. The maximum absolute atomic E-state index is 12.9. The van der Waals surface area contributed by atoms with Crippen molar-refractivity contribution in [3.63, 3.8) is 0 Å². The molecule has 0 bridgehead atoms. The lowest BCUT2D eigenvalue weighted by Gasteiger charge is -2.55. The van der Waals surface area contributed by atoms with Gasteiger partial charge in [0.2, 0.25) is 0 Å². The molecular weight excluding hydrogens is 328 g/mol. The van der Waals surface area contributed by atoms with Crippen LogP contribution >= 0.6 is 0 Å². The molecule has 2 heterocycles. The van der Waals surface area contributed by atoms with Gasteiger partial charge in [-0.3, -0.25) is 9.69 Å². The third-order valence-electron chi connectivity index (χ3n) is 5.28. The van der Waals surface area contributed by atoms with Crippen molar-refractivity contribution in [1.29, 1.82) is 0 Å². The molecule has 1 atom stereocenters. The summed E-state index contributed by atoms with van der Waals surface area (Å²) in [7, 11) is 0. The highest BCUT2D eigenvalue weighted by Crippen LogP contribution is 2.29. The highest BCUT2D eigenvalue weighted by Gasteiger charge is 2.44. The number of fused-ring (bicyclic) bond motifs is 1. The van der Waals surface area contributed by atoms with Crippen LogP contribution < -0.4 is 5.32 Å². The zero-order valence-electron chi connectivity index (χ0n) is 16.2. The molecule has 3 rings (SSSR count). The van der Waals surface area contributed by atoms with Gasteiger partial charge in [0.05, 0.1) is 0 Å². The van der Waals surface area contributed by atoms with E-state index in [2.05, 4.69) is 24.1 Å². The lowest BCUT2D eigenvalue weighted by molar-refractivity contribution is -0.0482. The van der Waals surface area contributed by atoms with Crippen LogP contribution in [0, 0.1) is 0 Å². The molecule has 6 nitrogen and oxygen atoms in total. The Kier molecular flexibility index (Phi) is 5.23. The first kappa shape index (κ1) is 18.7. The van der Waals surface area contributed by atoms with Gasteiger partial charge in [-0.1, -0.05) is 18.2 Å². The Morgan fingerprint density at radius 2 is 1.73 bits per heavy atom. The molecule has 142 valence electrons. The third kappa shape index (κ3) is 3.85. The molecule has 0 saturated carbocycles. The van der Waals surface area contributed by atoms with Crippen LogP contribution in [0.2, 0.25) is 0 Å². The summed E-state index contributed by atoms with van der Waals surface area (Å²) in [5.74, 6) is 0.0714. The average Bonchev–Trinajstić information content (AvgIpc) is 2.60. The van der Waals surface area contributed by atoms with Gasteiger partial charge in [-0.05, 0) is 39.8 Å². The smallest absolute Gasteiger partial charge is 0.317 e. The van der Waals surface area contributed by atoms with Crippen molar-refractivity contribution in [3.8, 4) is 0 Å². The second-order valence-corrected chi connectivity index (χ2v) is 8.26. The van der Waals surface area contributed by atoms with Crippen LogP contribution in [0.3, 0.4) is 0 Å². The largest absolute Gasteiger partial charge is 0.336 e. The van der Waals surface area contributed by atoms with Gasteiger partial charge in [-0.25, -0.2) is 4.79 Å². The van der Waals surface area contributed by atoms with E-state index in [-0.39, 0.29) is 29.6 Å². The Labute approximate surface area is 156 Å². The Morgan fingerprint density at radius 3 is 2.38 bits per heavy atom. The second kappa shape index (κ2) is 7.27. The highest BCUT2D eigenvalue weighted by atomic mass is 16.2. The number of hydrogen-bond acceptors (Lipinski definition) is 3. The molecule has 0 spiro atoms. The van der Waals surface area contributed by atoms with Crippen molar-refractivity contribution in [3.05, 3.63) is 35.9 Å². The molecule has 26 heavy (non-hydrogen) atoms. The molecule has 6 heteroatoms. The van der Waals surface area contributed by atoms with Crippen LogP contribution in [0.15, 0.2) is 30.3 Å². The van der Waals surface area contributed by atoms with E-state index in [0.717, 1.165) is 18.7 Å². The van der Waals surface area contributed by atoms with Crippen molar-refractivity contribution >= 4 is 11.9 Å². The summed E-state index contributed by atoms with van der Waals surface area (Å²) in [6.45, 7) is 11.9. The van der Waals surface area contributed by atoms with Crippen LogP contribution in [0.5, 0.6) is 0 Å². The Morgan fingerprint density at radius 1 is 1.08 bits per heavy atom. The first-order valence-corrected chi connectivity index (χ1v) is 9.44. The van der Waals surface area contributed by atoms with Gasteiger partial charge in [-0.15, -0.1) is 0 Å². The van der Waals surface area contributed by atoms with E-state index in [4.69, 9.17) is 0 Å². The molecule has 0 aromatic heterocycles. The van der Waals surface area contributed by atoms with Crippen molar-refractivity contribution in [2.24, 2.45) is 0 Å². The predicted octanol–water partition coefficient (Wildman–Crippen LogP) is 2.03. The van der Waals surface area contributed by atoms with Crippen LogP contribution in [-0.4, -0.2) is 77.0 Å². The van der Waals surface area contributed by atoms with Crippen LogP contribution in [0.4, 0.5) is 4.79 Å². The summed E-state index contributed by atoms with van der Waals surface area (Å²) in [6, 6.07) is 9.72. The van der Waals surface area contributed by atoms with Gasteiger partial charge in [-0.2, -0.15) is 0 Å². The molecule has 0 unspecified atom stereocenters. The molecule has 1 aromatic rings. The number of benzene rings is 1. The fourth-order valence-electron chi connectivity index (χ4n) is 4.13. The summed E-state index contributed by atoms with van der Waals surface area (Å²) in [6.07, 6.45) is 0. The molecule has 2 fully saturated rings. The zero-order valence-corrected chi connectivity index (χ0v) is 16.2. The molecule has 0 radical (unpaired) electrons. The monoisotopic (exact) mass is 358 g/mol. The molecule has 2 aliphatic rings. The minimum absolute atomic E-state index is 0.0102. The molecule has 1 aromatic carbocycles. The third-order valence-corrected chi connectivity index (χ3v) is 5.28. The number of carbonyl (C=O) groups excluding carboxylic acids is 2. The summed E-state index contributed by atoms with van der Waals surface area (Å²) in [5, 5.41) is 2.98. The minimum atomic E-state index is -0.103. The maximum Gasteiger partial charge on any atom is 0.317 e. The summed E-state index contributed by atoms with van der Waals surface area (Å²) >= 11 is 0. The Balaban J connectivity index is 1.74. The zero-order chi connectivity index (χ0) is 18.9. The van der Waals surface area contributed by atoms with E-state index >= 15 is 0 Å². The maximum atomic E-state index is 12.9. The van der Waals surface area contributed by atoms with Gasteiger partial charge < -0.3 is 15.1 Å². The van der Waals surface area contributed by atoms with E-state index < -0.39 is 0 Å². The fraction of sp³-hybridized carbons (Fsp3) is 0.600. The van der Waals surface area contributed by atoms with E-state index in [0.29, 0.717) is 19.6 Å². The second-order valence-electron chi connectivity index (χ2n) is 8.26. The van der Waals surface area contributed by atoms with Gasteiger partial charge in [0.25, 0.3) is 5.91 Å². The number of hydrogen-bond donors (Lipinski definition) is 1. The average molecular weight is 358 g/mol. The summed E-state index contributed by atoms with van der Waals surface area (Å²) in [4.78, 5) is 31.6. The van der Waals surface area contributed by atoms with Crippen LogP contribution in [0.1, 0.15) is 38.1 Å².